The summed E-state index contributed by atoms with van der Waals surface area (Å²) in [7, 11) is 2.89. The molecule has 0 saturated heterocycles. The van der Waals surface area contributed by atoms with Gasteiger partial charge in [0.05, 0.1) is 14.2 Å². The average Bonchev–Trinajstić information content (AvgIpc) is 2.80. The SMILES string of the molecule is COc1ccccc1C(=O)O.COc1ccccc1C(=O)O.O=C(O)Oc1ccccc1. The minimum absolute atomic E-state index is 0.190. The Morgan fingerprint density at radius 1 is 0.594 bits per heavy atom. The Bertz CT molecular complexity index is 959. The molecule has 0 aliphatic carbocycles. The van der Waals surface area contributed by atoms with Gasteiger partial charge in [-0.05, 0) is 36.4 Å². The van der Waals surface area contributed by atoms with E-state index in [1.54, 1.807) is 66.7 Å². The van der Waals surface area contributed by atoms with Crippen LogP contribution in [-0.4, -0.2) is 47.6 Å². The van der Waals surface area contributed by atoms with Gasteiger partial charge in [0.15, 0.2) is 0 Å². The molecule has 0 aromatic heterocycles. The largest absolute Gasteiger partial charge is 0.511 e. The molecule has 0 heterocycles. The summed E-state index contributed by atoms with van der Waals surface area (Å²) in [5, 5.41) is 25.4. The molecule has 0 amide bonds. The van der Waals surface area contributed by atoms with Crippen molar-refractivity contribution in [2.24, 2.45) is 0 Å². The monoisotopic (exact) mass is 442 g/mol. The first-order valence-corrected chi connectivity index (χ1v) is 8.98. The molecule has 0 fully saturated rings. The lowest BCUT2D eigenvalue weighted by Gasteiger charge is -2.01. The zero-order valence-corrected chi connectivity index (χ0v) is 17.3. The molecule has 3 aromatic rings. The van der Waals surface area contributed by atoms with Crippen molar-refractivity contribution >= 4 is 18.1 Å². The molecule has 0 bridgehead atoms. The molecule has 168 valence electrons. The number of hydrogen-bond donors (Lipinski definition) is 3. The zero-order chi connectivity index (χ0) is 23.9. The molecule has 9 heteroatoms. The van der Waals surface area contributed by atoms with E-state index in [1.807, 2.05) is 0 Å². The molecule has 0 atom stereocenters. The molecule has 0 aliphatic rings. The normalized spacial score (nSPS) is 9.06. The molecule has 3 aromatic carbocycles. The molecule has 0 saturated carbocycles. The van der Waals surface area contributed by atoms with Gasteiger partial charge in [0.25, 0.3) is 0 Å². The maximum atomic E-state index is 10.5. The highest BCUT2D eigenvalue weighted by molar-refractivity contribution is 5.91. The second-order valence-electron chi connectivity index (χ2n) is 5.69. The van der Waals surface area contributed by atoms with Crippen LogP contribution in [0.3, 0.4) is 0 Å². The molecule has 0 radical (unpaired) electrons. The van der Waals surface area contributed by atoms with Gasteiger partial charge in [-0.15, -0.1) is 0 Å². The lowest BCUT2D eigenvalue weighted by Crippen LogP contribution is -2.02. The van der Waals surface area contributed by atoms with E-state index in [0.29, 0.717) is 17.2 Å². The van der Waals surface area contributed by atoms with Gasteiger partial charge >= 0.3 is 18.1 Å². The van der Waals surface area contributed by atoms with Gasteiger partial charge in [-0.2, -0.15) is 0 Å². The van der Waals surface area contributed by atoms with Gasteiger partial charge in [0.1, 0.15) is 28.4 Å². The van der Waals surface area contributed by atoms with Crippen molar-refractivity contribution < 1.29 is 43.9 Å². The molecule has 3 rings (SSSR count). The molecular weight excluding hydrogens is 420 g/mol. The number of aromatic carboxylic acids is 2. The van der Waals surface area contributed by atoms with E-state index in [2.05, 4.69) is 4.74 Å². The number of carboxylic acid groups (broad SMARTS) is 3. The highest BCUT2D eigenvalue weighted by atomic mass is 16.7. The topological polar surface area (TPSA) is 140 Å². The zero-order valence-electron chi connectivity index (χ0n) is 17.3. The van der Waals surface area contributed by atoms with Crippen molar-refractivity contribution in [3.63, 3.8) is 0 Å². The van der Waals surface area contributed by atoms with E-state index < -0.39 is 18.1 Å². The van der Waals surface area contributed by atoms with Gasteiger partial charge in [-0.3, -0.25) is 0 Å². The fraction of sp³-hybridized carbons (Fsp3) is 0.0870. The molecule has 32 heavy (non-hydrogen) atoms. The van der Waals surface area contributed by atoms with E-state index in [9.17, 15) is 14.4 Å². The predicted octanol–water partition coefficient (Wildman–Crippen LogP) is 4.53. The van der Waals surface area contributed by atoms with Gasteiger partial charge in [-0.25, -0.2) is 14.4 Å². The van der Waals surface area contributed by atoms with Crippen LogP contribution in [0.25, 0.3) is 0 Å². The summed E-state index contributed by atoms with van der Waals surface area (Å²) in [6.07, 6.45) is -1.29. The average molecular weight is 442 g/mol. The van der Waals surface area contributed by atoms with Crippen LogP contribution in [0.4, 0.5) is 4.79 Å². The number of rotatable bonds is 5. The Morgan fingerprint density at radius 3 is 1.28 bits per heavy atom. The third-order valence-electron chi connectivity index (χ3n) is 3.62. The van der Waals surface area contributed by atoms with Crippen LogP contribution in [0.5, 0.6) is 17.2 Å². The van der Waals surface area contributed by atoms with Gasteiger partial charge in [0.2, 0.25) is 0 Å². The lowest BCUT2D eigenvalue weighted by molar-refractivity contribution is 0.0682. The standard InChI is InChI=1S/2C8H8O3.C7H6O3/c2*1-11-7-5-3-2-4-6(7)8(9)10;8-7(9)10-6-4-2-1-3-5-6/h2*2-5H,1H3,(H,9,10);1-5H,(H,8,9). The van der Waals surface area contributed by atoms with Crippen molar-refractivity contribution in [2.75, 3.05) is 14.2 Å². The van der Waals surface area contributed by atoms with Crippen LogP contribution >= 0.6 is 0 Å². The maximum Gasteiger partial charge on any atom is 0.511 e. The van der Waals surface area contributed by atoms with Crippen LogP contribution in [0, 0.1) is 0 Å². The van der Waals surface area contributed by atoms with Crippen molar-refractivity contribution in [1.82, 2.24) is 0 Å². The van der Waals surface area contributed by atoms with Gasteiger partial charge in [-0.1, -0.05) is 42.5 Å². The Morgan fingerprint density at radius 2 is 0.969 bits per heavy atom. The van der Waals surface area contributed by atoms with Crippen molar-refractivity contribution in [2.45, 2.75) is 0 Å². The number of benzene rings is 3. The smallest absolute Gasteiger partial charge is 0.496 e. The minimum Gasteiger partial charge on any atom is -0.496 e. The molecule has 9 nitrogen and oxygen atoms in total. The van der Waals surface area contributed by atoms with Crippen LogP contribution in [-0.2, 0) is 0 Å². The third-order valence-corrected chi connectivity index (χ3v) is 3.62. The number of ether oxygens (including phenoxy) is 3. The first-order valence-electron chi connectivity index (χ1n) is 8.98. The number of para-hydroxylation sites is 3. The van der Waals surface area contributed by atoms with Crippen LogP contribution in [0.15, 0.2) is 78.9 Å². The Balaban J connectivity index is 0.000000240. The molecule has 0 unspecified atom stereocenters. The van der Waals surface area contributed by atoms with E-state index in [4.69, 9.17) is 24.8 Å². The number of carboxylic acids is 2. The van der Waals surface area contributed by atoms with Crippen molar-refractivity contribution in [3.05, 3.63) is 90.0 Å². The first-order chi connectivity index (χ1) is 15.3. The Kier molecular flexibility index (Phi) is 10.9. The first kappa shape index (κ1) is 25.5. The maximum absolute atomic E-state index is 10.5. The van der Waals surface area contributed by atoms with Crippen LogP contribution in [0.2, 0.25) is 0 Å². The predicted molar refractivity (Wildman–Crippen MR) is 115 cm³/mol. The summed E-state index contributed by atoms with van der Waals surface area (Å²) in [5.41, 5.74) is 0.380. The van der Waals surface area contributed by atoms with Crippen molar-refractivity contribution in [3.8, 4) is 17.2 Å². The van der Waals surface area contributed by atoms with Gasteiger partial charge < -0.3 is 29.5 Å². The van der Waals surface area contributed by atoms with Gasteiger partial charge in [0, 0.05) is 0 Å². The van der Waals surface area contributed by atoms with Crippen LogP contribution < -0.4 is 14.2 Å². The molecule has 0 spiro atoms. The second-order valence-corrected chi connectivity index (χ2v) is 5.69. The second kappa shape index (κ2) is 13.6. The summed E-state index contributed by atoms with van der Waals surface area (Å²) in [6.45, 7) is 0. The molecular formula is C23H22O9. The summed E-state index contributed by atoms with van der Waals surface area (Å²) in [5.74, 6) is -0.820. The molecule has 0 aliphatic heterocycles. The van der Waals surface area contributed by atoms with Crippen LogP contribution in [0.1, 0.15) is 20.7 Å². The van der Waals surface area contributed by atoms with E-state index in [1.165, 1.54) is 26.4 Å². The summed E-state index contributed by atoms with van der Waals surface area (Å²) in [4.78, 5) is 30.9. The summed E-state index contributed by atoms with van der Waals surface area (Å²) >= 11 is 0. The fourth-order valence-electron chi connectivity index (χ4n) is 2.23. The van der Waals surface area contributed by atoms with Crippen molar-refractivity contribution in [1.29, 1.82) is 0 Å². The summed E-state index contributed by atoms with van der Waals surface area (Å²) < 4.78 is 14.0. The fourth-order valence-corrected chi connectivity index (χ4v) is 2.23. The lowest BCUT2D eigenvalue weighted by atomic mass is 10.2. The third kappa shape index (κ3) is 8.87. The Labute approximate surface area is 184 Å². The van der Waals surface area contributed by atoms with E-state index >= 15 is 0 Å². The Hall–Kier alpha value is -4.53. The minimum atomic E-state index is -1.29. The highest BCUT2D eigenvalue weighted by Gasteiger charge is 2.08. The number of methoxy groups -OCH3 is 2. The number of hydrogen-bond acceptors (Lipinski definition) is 6. The summed E-state index contributed by atoms with van der Waals surface area (Å²) in [6, 6.07) is 21.4. The quantitative estimate of drug-likeness (QED) is 0.384. The molecule has 3 N–H and O–H groups in total. The van der Waals surface area contributed by atoms with E-state index in [0.717, 1.165) is 0 Å². The number of carbonyl (C=O) groups is 3. The highest BCUT2D eigenvalue weighted by Crippen LogP contribution is 2.17. The van der Waals surface area contributed by atoms with E-state index in [-0.39, 0.29) is 11.1 Å².